The van der Waals surface area contributed by atoms with Crippen molar-refractivity contribution >= 4 is 38.8 Å². The molecule has 19 heavy (non-hydrogen) atoms. The van der Waals surface area contributed by atoms with Crippen molar-refractivity contribution in [3.05, 3.63) is 34.0 Å². The number of rotatable bonds is 3. The van der Waals surface area contributed by atoms with Gasteiger partial charge in [0.15, 0.2) is 0 Å². The van der Waals surface area contributed by atoms with Crippen LogP contribution in [0.1, 0.15) is 27.6 Å². The number of esters is 1. The molecule has 0 unspecified atom stereocenters. The van der Waals surface area contributed by atoms with E-state index in [-0.39, 0.29) is 12.5 Å². The van der Waals surface area contributed by atoms with E-state index in [1.807, 2.05) is 0 Å². The second-order valence-electron chi connectivity index (χ2n) is 3.78. The zero-order valence-electron chi connectivity index (χ0n) is 10.5. The third kappa shape index (κ3) is 2.49. The largest absolute Gasteiger partial charge is 0.462 e. The zero-order valence-corrected chi connectivity index (χ0v) is 12.0. The number of carbonyl (C=O) groups is 2. The van der Waals surface area contributed by atoms with Gasteiger partial charge in [0.2, 0.25) is 0 Å². The van der Waals surface area contributed by atoms with E-state index in [4.69, 9.17) is 9.15 Å². The molecular weight excluding hydrogens is 314 g/mol. The highest BCUT2D eigenvalue weighted by atomic mass is 79.9. The highest BCUT2D eigenvalue weighted by molar-refractivity contribution is 9.10. The number of fused-ring (bicyclic) bond motifs is 1. The predicted octanol–water partition coefficient (Wildman–Crippen LogP) is 2.73. The van der Waals surface area contributed by atoms with Crippen molar-refractivity contribution in [2.45, 2.75) is 6.92 Å². The Bertz CT molecular complexity index is 647. The van der Waals surface area contributed by atoms with E-state index in [2.05, 4.69) is 21.2 Å². The average Bonchev–Trinajstić information content (AvgIpc) is 2.79. The van der Waals surface area contributed by atoms with Crippen LogP contribution in [0.25, 0.3) is 11.0 Å². The van der Waals surface area contributed by atoms with Crippen LogP contribution in [-0.2, 0) is 4.74 Å². The summed E-state index contributed by atoms with van der Waals surface area (Å²) in [5.74, 6) is -0.791. The molecule has 2 rings (SSSR count). The molecule has 0 fully saturated rings. The van der Waals surface area contributed by atoms with Gasteiger partial charge in [0.25, 0.3) is 5.91 Å². The topological polar surface area (TPSA) is 68.5 Å². The number of amides is 1. The van der Waals surface area contributed by atoms with Gasteiger partial charge in [0.05, 0.1) is 22.2 Å². The second-order valence-corrected chi connectivity index (χ2v) is 4.64. The molecule has 0 saturated carbocycles. The molecule has 1 aromatic carbocycles. The smallest absolute Gasteiger partial charge is 0.338 e. The summed E-state index contributed by atoms with van der Waals surface area (Å²) in [6.45, 7) is 2.00. The fourth-order valence-electron chi connectivity index (χ4n) is 1.74. The Kier molecular flexibility index (Phi) is 3.90. The molecule has 0 radical (unpaired) electrons. The SMILES string of the molecule is CCOC(=O)c1cc(C(=O)NC)c2occ(Br)c2c1. The standard InChI is InChI=1S/C13H12BrNO4/c1-3-18-13(17)7-4-8-10(14)6-19-11(8)9(5-7)12(16)15-2/h4-6H,3H2,1-2H3,(H,15,16). The number of hydrogen-bond donors (Lipinski definition) is 1. The highest BCUT2D eigenvalue weighted by Crippen LogP contribution is 2.30. The van der Waals surface area contributed by atoms with Gasteiger partial charge in [-0.1, -0.05) is 0 Å². The Morgan fingerprint density at radius 2 is 2.16 bits per heavy atom. The summed E-state index contributed by atoms with van der Waals surface area (Å²) in [5, 5.41) is 3.17. The lowest BCUT2D eigenvalue weighted by atomic mass is 10.1. The Balaban J connectivity index is 2.64. The summed E-state index contributed by atoms with van der Waals surface area (Å²) in [5.41, 5.74) is 1.04. The van der Waals surface area contributed by atoms with Crippen molar-refractivity contribution < 1.29 is 18.7 Å². The molecule has 100 valence electrons. The average molecular weight is 326 g/mol. The fraction of sp³-hybridized carbons (Fsp3) is 0.231. The summed E-state index contributed by atoms with van der Waals surface area (Å²) >= 11 is 3.32. The number of halogens is 1. The molecule has 1 N–H and O–H groups in total. The lowest BCUT2D eigenvalue weighted by molar-refractivity contribution is 0.0526. The number of nitrogens with one attached hydrogen (secondary N) is 1. The molecular formula is C13H12BrNO4. The van der Waals surface area contributed by atoms with E-state index < -0.39 is 5.97 Å². The maximum absolute atomic E-state index is 11.8. The van der Waals surface area contributed by atoms with Crippen LogP contribution in [0.2, 0.25) is 0 Å². The van der Waals surface area contributed by atoms with Gasteiger partial charge in [-0.25, -0.2) is 4.79 Å². The fourth-order valence-corrected chi connectivity index (χ4v) is 2.13. The van der Waals surface area contributed by atoms with Gasteiger partial charge in [-0.2, -0.15) is 0 Å². The van der Waals surface area contributed by atoms with Crippen molar-refractivity contribution in [3.8, 4) is 0 Å². The van der Waals surface area contributed by atoms with E-state index >= 15 is 0 Å². The maximum Gasteiger partial charge on any atom is 0.338 e. The van der Waals surface area contributed by atoms with Gasteiger partial charge in [-0.15, -0.1) is 0 Å². The number of carbonyl (C=O) groups excluding carboxylic acids is 2. The minimum Gasteiger partial charge on any atom is -0.462 e. The number of furan rings is 1. The predicted molar refractivity (Wildman–Crippen MR) is 73.3 cm³/mol. The van der Waals surface area contributed by atoms with E-state index in [0.29, 0.717) is 26.6 Å². The summed E-state index contributed by atoms with van der Waals surface area (Å²) in [4.78, 5) is 23.6. The van der Waals surface area contributed by atoms with E-state index in [9.17, 15) is 9.59 Å². The molecule has 0 atom stereocenters. The van der Waals surface area contributed by atoms with Crippen molar-refractivity contribution in [1.82, 2.24) is 5.32 Å². The quantitative estimate of drug-likeness (QED) is 0.881. The first-order valence-corrected chi connectivity index (χ1v) is 6.47. The second kappa shape index (κ2) is 5.44. The van der Waals surface area contributed by atoms with Crippen LogP contribution in [0.3, 0.4) is 0 Å². The molecule has 0 aliphatic heterocycles. The molecule has 0 saturated heterocycles. The molecule has 2 aromatic rings. The first kappa shape index (κ1) is 13.6. The van der Waals surface area contributed by atoms with Crippen LogP contribution >= 0.6 is 15.9 Å². The molecule has 1 heterocycles. The first-order valence-electron chi connectivity index (χ1n) is 5.68. The van der Waals surface area contributed by atoms with Gasteiger partial charge < -0.3 is 14.5 Å². The molecule has 0 aliphatic rings. The Labute approximate surface area is 118 Å². The maximum atomic E-state index is 11.8. The Morgan fingerprint density at radius 1 is 1.42 bits per heavy atom. The molecule has 0 aliphatic carbocycles. The molecule has 0 spiro atoms. The lowest BCUT2D eigenvalue weighted by Gasteiger charge is -2.06. The van der Waals surface area contributed by atoms with E-state index in [1.54, 1.807) is 13.0 Å². The molecule has 5 nitrogen and oxygen atoms in total. The van der Waals surface area contributed by atoms with Crippen LogP contribution < -0.4 is 5.32 Å². The van der Waals surface area contributed by atoms with Crippen molar-refractivity contribution in [2.24, 2.45) is 0 Å². The number of hydrogen-bond acceptors (Lipinski definition) is 4. The summed E-state index contributed by atoms with van der Waals surface area (Å²) < 4.78 is 11.0. The first-order chi connectivity index (χ1) is 9.08. The lowest BCUT2D eigenvalue weighted by Crippen LogP contribution is -2.18. The number of benzene rings is 1. The van der Waals surface area contributed by atoms with Crippen molar-refractivity contribution in [1.29, 1.82) is 0 Å². The van der Waals surface area contributed by atoms with Gasteiger partial charge in [0.1, 0.15) is 11.8 Å². The monoisotopic (exact) mass is 325 g/mol. The molecule has 1 amide bonds. The van der Waals surface area contributed by atoms with Crippen molar-refractivity contribution in [3.63, 3.8) is 0 Å². The molecule has 6 heteroatoms. The van der Waals surface area contributed by atoms with Gasteiger partial charge in [0, 0.05) is 12.4 Å². The summed E-state index contributed by atoms with van der Waals surface area (Å²) in [6.07, 6.45) is 1.48. The van der Waals surface area contributed by atoms with Crippen LogP contribution in [-0.4, -0.2) is 25.5 Å². The zero-order chi connectivity index (χ0) is 14.0. The normalized spacial score (nSPS) is 10.5. The minimum absolute atomic E-state index is 0.277. The number of ether oxygens (including phenoxy) is 1. The van der Waals surface area contributed by atoms with E-state index in [0.717, 1.165) is 0 Å². The summed E-state index contributed by atoms with van der Waals surface area (Å²) in [7, 11) is 1.52. The Morgan fingerprint density at radius 3 is 2.79 bits per heavy atom. The Hall–Kier alpha value is -1.82. The van der Waals surface area contributed by atoms with Crippen molar-refractivity contribution in [2.75, 3.05) is 13.7 Å². The van der Waals surface area contributed by atoms with Gasteiger partial charge in [-0.05, 0) is 35.0 Å². The highest BCUT2D eigenvalue weighted by Gasteiger charge is 2.19. The summed E-state index contributed by atoms with van der Waals surface area (Å²) in [6, 6.07) is 3.10. The van der Waals surface area contributed by atoms with Crippen LogP contribution in [0.5, 0.6) is 0 Å². The van der Waals surface area contributed by atoms with Crippen LogP contribution in [0, 0.1) is 0 Å². The van der Waals surface area contributed by atoms with Crippen LogP contribution in [0.4, 0.5) is 0 Å². The third-order valence-electron chi connectivity index (χ3n) is 2.61. The van der Waals surface area contributed by atoms with E-state index in [1.165, 1.54) is 19.4 Å². The molecule has 0 bridgehead atoms. The van der Waals surface area contributed by atoms with Gasteiger partial charge >= 0.3 is 5.97 Å². The third-order valence-corrected chi connectivity index (χ3v) is 3.22. The minimum atomic E-state index is -0.470. The van der Waals surface area contributed by atoms with Crippen LogP contribution in [0.15, 0.2) is 27.3 Å². The van der Waals surface area contributed by atoms with Gasteiger partial charge in [-0.3, -0.25) is 4.79 Å². The molecule has 1 aromatic heterocycles.